The first kappa shape index (κ1) is 15.4. The Bertz CT molecular complexity index is 678. The average Bonchev–Trinajstić information content (AvgIpc) is 2.54. The van der Waals surface area contributed by atoms with Crippen molar-refractivity contribution in [2.45, 2.75) is 6.92 Å². The maximum absolute atomic E-state index is 12.0. The standard InChI is InChI=1S/C16H16N4O2/c1-3-8-17-15-10-18-14(9-19-15)16(22)20-13-6-4-12(5-7-13)11(2)21/h3-7,9-10H,1,8H2,2H3,(H,17,19)(H,20,22). The van der Waals surface area contributed by atoms with Gasteiger partial charge >= 0.3 is 0 Å². The van der Waals surface area contributed by atoms with E-state index in [2.05, 4.69) is 27.2 Å². The molecular formula is C16H16N4O2. The molecular weight excluding hydrogens is 280 g/mol. The molecule has 0 saturated carbocycles. The first-order valence-electron chi connectivity index (χ1n) is 6.69. The minimum atomic E-state index is -0.363. The van der Waals surface area contributed by atoms with E-state index >= 15 is 0 Å². The molecule has 0 unspecified atom stereocenters. The van der Waals surface area contributed by atoms with Crippen LogP contribution >= 0.6 is 0 Å². The fraction of sp³-hybridized carbons (Fsp3) is 0.125. The van der Waals surface area contributed by atoms with Crippen molar-refractivity contribution in [1.29, 1.82) is 0 Å². The van der Waals surface area contributed by atoms with Gasteiger partial charge in [-0.2, -0.15) is 0 Å². The molecule has 1 amide bonds. The number of ketones is 1. The molecule has 0 aliphatic heterocycles. The maximum Gasteiger partial charge on any atom is 0.275 e. The lowest BCUT2D eigenvalue weighted by Gasteiger charge is -2.06. The number of benzene rings is 1. The second-order valence-corrected chi connectivity index (χ2v) is 4.54. The second-order valence-electron chi connectivity index (χ2n) is 4.54. The summed E-state index contributed by atoms with van der Waals surface area (Å²) in [4.78, 5) is 31.4. The van der Waals surface area contributed by atoms with Gasteiger partial charge in [0, 0.05) is 17.8 Å². The first-order valence-corrected chi connectivity index (χ1v) is 6.69. The lowest BCUT2D eigenvalue weighted by molar-refractivity contribution is 0.101. The van der Waals surface area contributed by atoms with Gasteiger partial charge in [-0.3, -0.25) is 9.59 Å². The van der Waals surface area contributed by atoms with Crippen LogP contribution in [0.5, 0.6) is 0 Å². The highest BCUT2D eigenvalue weighted by atomic mass is 16.2. The zero-order chi connectivity index (χ0) is 15.9. The number of nitrogens with zero attached hydrogens (tertiary/aromatic N) is 2. The van der Waals surface area contributed by atoms with Crippen LogP contribution in [-0.2, 0) is 0 Å². The Balaban J connectivity index is 2.02. The van der Waals surface area contributed by atoms with Crippen LogP contribution in [0.2, 0.25) is 0 Å². The van der Waals surface area contributed by atoms with Crippen LogP contribution in [0, 0.1) is 0 Å². The molecule has 0 radical (unpaired) electrons. The van der Waals surface area contributed by atoms with Crippen LogP contribution < -0.4 is 10.6 Å². The van der Waals surface area contributed by atoms with Crippen molar-refractivity contribution in [3.63, 3.8) is 0 Å². The number of rotatable bonds is 6. The van der Waals surface area contributed by atoms with Crippen molar-refractivity contribution >= 4 is 23.2 Å². The lowest BCUT2D eigenvalue weighted by Crippen LogP contribution is -2.14. The third kappa shape index (κ3) is 3.99. The highest BCUT2D eigenvalue weighted by Gasteiger charge is 2.09. The number of hydrogen-bond donors (Lipinski definition) is 2. The Kier molecular flexibility index (Phi) is 4.98. The molecule has 6 heteroatoms. The van der Waals surface area contributed by atoms with Gasteiger partial charge in [0.25, 0.3) is 5.91 Å². The number of carbonyl (C=O) groups is 2. The van der Waals surface area contributed by atoms with Crippen LogP contribution in [-0.4, -0.2) is 28.2 Å². The molecule has 0 aliphatic carbocycles. The molecule has 0 aliphatic rings. The largest absolute Gasteiger partial charge is 0.365 e. The molecule has 1 aromatic heterocycles. The highest BCUT2D eigenvalue weighted by molar-refractivity contribution is 6.03. The highest BCUT2D eigenvalue weighted by Crippen LogP contribution is 2.11. The topological polar surface area (TPSA) is 84.0 Å². The smallest absolute Gasteiger partial charge is 0.275 e. The molecule has 6 nitrogen and oxygen atoms in total. The summed E-state index contributed by atoms with van der Waals surface area (Å²) in [6.07, 6.45) is 4.58. The lowest BCUT2D eigenvalue weighted by atomic mass is 10.1. The number of amides is 1. The molecule has 0 spiro atoms. The van der Waals surface area contributed by atoms with E-state index in [0.717, 1.165) is 0 Å². The molecule has 0 saturated heterocycles. The number of hydrogen-bond acceptors (Lipinski definition) is 5. The molecule has 0 bridgehead atoms. The van der Waals surface area contributed by atoms with Crippen LogP contribution in [0.4, 0.5) is 11.5 Å². The predicted molar refractivity (Wildman–Crippen MR) is 85.1 cm³/mol. The zero-order valence-electron chi connectivity index (χ0n) is 12.2. The van der Waals surface area contributed by atoms with E-state index in [0.29, 0.717) is 23.6 Å². The summed E-state index contributed by atoms with van der Waals surface area (Å²) in [5, 5.41) is 5.67. The molecule has 1 aromatic carbocycles. The summed E-state index contributed by atoms with van der Waals surface area (Å²) in [5.41, 5.74) is 1.39. The van der Waals surface area contributed by atoms with Gasteiger partial charge in [0.1, 0.15) is 11.5 Å². The third-order valence-electron chi connectivity index (χ3n) is 2.86. The summed E-state index contributed by atoms with van der Waals surface area (Å²) in [6, 6.07) is 6.65. The molecule has 2 N–H and O–H groups in total. The molecule has 0 atom stereocenters. The van der Waals surface area contributed by atoms with Crippen LogP contribution in [0.1, 0.15) is 27.8 Å². The van der Waals surface area contributed by atoms with Gasteiger partial charge in [-0.1, -0.05) is 6.08 Å². The van der Waals surface area contributed by atoms with Crippen molar-refractivity contribution in [1.82, 2.24) is 9.97 Å². The summed E-state index contributed by atoms with van der Waals surface area (Å²) < 4.78 is 0. The van der Waals surface area contributed by atoms with Gasteiger partial charge in [0.05, 0.1) is 12.4 Å². The van der Waals surface area contributed by atoms with Gasteiger partial charge in [-0.05, 0) is 31.2 Å². The van der Waals surface area contributed by atoms with E-state index in [-0.39, 0.29) is 17.4 Å². The van der Waals surface area contributed by atoms with Gasteiger partial charge in [0.2, 0.25) is 0 Å². The van der Waals surface area contributed by atoms with Crippen molar-refractivity contribution in [3.8, 4) is 0 Å². The fourth-order valence-electron chi connectivity index (χ4n) is 1.70. The van der Waals surface area contributed by atoms with Gasteiger partial charge in [0.15, 0.2) is 5.78 Å². The second kappa shape index (κ2) is 7.12. The molecule has 2 aromatic rings. The Labute approximate surface area is 128 Å². The zero-order valence-corrected chi connectivity index (χ0v) is 12.2. The molecule has 112 valence electrons. The number of aromatic nitrogens is 2. The van der Waals surface area contributed by atoms with Crippen molar-refractivity contribution in [3.05, 3.63) is 60.6 Å². The van der Waals surface area contributed by atoms with E-state index in [1.54, 1.807) is 30.3 Å². The van der Waals surface area contributed by atoms with Crippen molar-refractivity contribution in [2.24, 2.45) is 0 Å². The predicted octanol–water partition coefficient (Wildman–Crippen LogP) is 2.53. The minimum Gasteiger partial charge on any atom is -0.365 e. The van der Waals surface area contributed by atoms with E-state index in [4.69, 9.17) is 0 Å². The first-order chi connectivity index (χ1) is 10.6. The minimum absolute atomic E-state index is 0.0219. The summed E-state index contributed by atoms with van der Waals surface area (Å²) in [6.45, 7) is 5.65. The van der Waals surface area contributed by atoms with Gasteiger partial charge in [-0.25, -0.2) is 9.97 Å². The van der Waals surface area contributed by atoms with Gasteiger partial charge in [-0.15, -0.1) is 6.58 Å². The monoisotopic (exact) mass is 296 g/mol. The maximum atomic E-state index is 12.0. The van der Waals surface area contributed by atoms with Crippen LogP contribution in [0.3, 0.4) is 0 Å². The summed E-state index contributed by atoms with van der Waals surface area (Å²) in [7, 11) is 0. The Morgan fingerprint density at radius 3 is 2.45 bits per heavy atom. The third-order valence-corrected chi connectivity index (χ3v) is 2.86. The Morgan fingerprint density at radius 2 is 1.91 bits per heavy atom. The number of anilines is 2. The van der Waals surface area contributed by atoms with E-state index in [1.807, 2.05) is 0 Å². The molecule has 1 heterocycles. The van der Waals surface area contributed by atoms with Crippen LogP contribution in [0.15, 0.2) is 49.3 Å². The van der Waals surface area contributed by atoms with Crippen LogP contribution in [0.25, 0.3) is 0 Å². The SMILES string of the molecule is C=CCNc1cnc(C(=O)Nc2ccc(C(C)=O)cc2)cn1. The molecule has 0 fully saturated rings. The van der Waals surface area contributed by atoms with E-state index < -0.39 is 0 Å². The van der Waals surface area contributed by atoms with E-state index in [9.17, 15) is 9.59 Å². The molecule has 22 heavy (non-hydrogen) atoms. The quantitative estimate of drug-likeness (QED) is 0.632. The van der Waals surface area contributed by atoms with Crippen molar-refractivity contribution in [2.75, 3.05) is 17.2 Å². The average molecular weight is 296 g/mol. The van der Waals surface area contributed by atoms with Crippen molar-refractivity contribution < 1.29 is 9.59 Å². The Morgan fingerprint density at radius 1 is 1.18 bits per heavy atom. The van der Waals surface area contributed by atoms with E-state index in [1.165, 1.54) is 19.3 Å². The summed E-state index contributed by atoms with van der Waals surface area (Å²) >= 11 is 0. The number of carbonyl (C=O) groups excluding carboxylic acids is 2. The molecule has 2 rings (SSSR count). The van der Waals surface area contributed by atoms with Gasteiger partial charge < -0.3 is 10.6 Å². The normalized spacial score (nSPS) is 9.86. The number of nitrogens with one attached hydrogen (secondary N) is 2. The summed E-state index contributed by atoms with van der Waals surface area (Å²) in [5.74, 6) is 0.187. The number of Topliss-reactive ketones (excluding diaryl/α,β-unsaturated/α-hetero) is 1. The Hall–Kier alpha value is -3.02. The fourth-order valence-corrected chi connectivity index (χ4v) is 1.70.